The number of thiazole rings is 1. The predicted octanol–water partition coefficient (Wildman–Crippen LogP) is 2.88. The monoisotopic (exact) mass is 295 g/mol. The van der Waals surface area contributed by atoms with E-state index in [1.165, 1.54) is 41.4 Å². The highest BCUT2D eigenvalue weighted by atomic mass is 32.1. The number of ether oxygens (including phenoxy) is 1. The van der Waals surface area contributed by atoms with Crippen LogP contribution in [0.1, 0.15) is 49.2 Å². The molecule has 5 heteroatoms. The maximum atomic E-state index is 5.96. The van der Waals surface area contributed by atoms with Gasteiger partial charge in [-0.25, -0.2) is 4.98 Å². The molecule has 1 aliphatic carbocycles. The number of aromatic nitrogens is 1. The fourth-order valence-electron chi connectivity index (χ4n) is 3.38. The van der Waals surface area contributed by atoms with Crippen LogP contribution >= 0.6 is 11.3 Å². The summed E-state index contributed by atoms with van der Waals surface area (Å²) in [6.45, 7) is 6.16. The van der Waals surface area contributed by atoms with E-state index in [2.05, 4.69) is 24.1 Å². The van der Waals surface area contributed by atoms with Crippen molar-refractivity contribution in [2.24, 2.45) is 0 Å². The maximum Gasteiger partial charge on any atom is 0.186 e. The number of morpholine rings is 1. The SMILES string of the molecule is CNC(C)c1sc(N2CCOC3CCCCC32)nc1C. The molecule has 20 heavy (non-hydrogen) atoms. The summed E-state index contributed by atoms with van der Waals surface area (Å²) in [7, 11) is 2.01. The molecule has 112 valence electrons. The van der Waals surface area contributed by atoms with Crippen LogP contribution in [0.15, 0.2) is 0 Å². The molecule has 2 heterocycles. The van der Waals surface area contributed by atoms with Crippen LogP contribution in [-0.4, -0.2) is 37.3 Å². The summed E-state index contributed by atoms with van der Waals surface area (Å²) < 4.78 is 5.96. The minimum absolute atomic E-state index is 0.379. The zero-order chi connectivity index (χ0) is 14.1. The Morgan fingerprint density at radius 2 is 2.20 bits per heavy atom. The van der Waals surface area contributed by atoms with Gasteiger partial charge in [-0.1, -0.05) is 12.8 Å². The summed E-state index contributed by atoms with van der Waals surface area (Å²) in [6.07, 6.45) is 5.52. The van der Waals surface area contributed by atoms with Crippen LogP contribution in [0.2, 0.25) is 0 Å². The minimum atomic E-state index is 0.379. The number of nitrogens with one attached hydrogen (secondary N) is 1. The van der Waals surface area contributed by atoms with Crippen LogP contribution in [0, 0.1) is 6.92 Å². The average Bonchev–Trinajstić information content (AvgIpc) is 2.87. The molecule has 2 aliphatic rings. The minimum Gasteiger partial charge on any atom is -0.374 e. The van der Waals surface area contributed by atoms with Crippen molar-refractivity contribution >= 4 is 16.5 Å². The van der Waals surface area contributed by atoms with Crippen LogP contribution < -0.4 is 10.2 Å². The Kier molecular flexibility index (Phi) is 4.29. The molecule has 0 spiro atoms. The Labute approximate surface area is 125 Å². The lowest BCUT2D eigenvalue weighted by Gasteiger charge is -2.43. The average molecular weight is 295 g/mol. The van der Waals surface area contributed by atoms with Gasteiger partial charge in [-0.2, -0.15) is 0 Å². The Bertz CT molecular complexity index is 460. The van der Waals surface area contributed by atoms with Gasteiger partial charge in [-0.15, -0.1) is 11.3 Å². The summed E-state index contributed by atoms with van der Waals surface area (Å²) in [4.78, 5) is 8.72. The topological polar surface area (TPSA) is 37.4 Å². The molecular weight excluding hydrogens is 270 g/mol. The molecule has 1 aromatic rings. The quantitative estimate of drug-likeness (QED) is 0.930. The molecule has 0 aromatic carbocycles. The molecule has 3 rings (SSSR count). The van der Waals surface area contributed by atoms with Crippen molar-refractivity contribution in [3.05, 3.63) is 10.6 Å². The molecular formula is C15H25N3OS. The Hall–Kier alpha value is -0.650. The number of anilines is 1. The first kappa shape index (κ1) is 14.3. The third kappa shape index (κ3) is 2.59. The van der Waals surface area contributed by atoms with Gasteiger partial charge in [0, 0.05) is 17.5 Å². The number of rotatable bonds is 3. The van der Waals surface area contributed by atoms with E-state index in [9.17, 15) is 0 Å². The summed E-state index contributed by atoms with van der Waals surface area (Å²) in [5.74, 6) is 0. The predicted molar refractivity (Wildman–Crippen MR) is 83.7 cm³/mol. The standard InChI is InChI=1S/C15H25N3OS/c1-10(16-3)14-11(2)17-15(20-14)18-8-9-19-13-7-5-4-6-12(13)18/h10,12-13,16H,4-9H2,1-3H3. The lowest BCUT2D eigenvalue weighted by atomic mass is 9.90. The zero-order valence-electron chi connectivity index (χ0n) is 12.7. The number of fused-ring (bicyclic) bond motifs is 1. The largest absolute Gasteiger partial charge is 0.374 e. The third-order valence-electron chi connectivity index (χ3n) is 4.63. The second kappa shape index (κ2) is 6.00. The molecule has 1 saturated heterocycles. The van der Waals surface area contributed by atoms with Crippen molar-refractivity contribution in [3.8, 4) is 0 Å². The molecule has 1 saturated carbocycles. The molecule has 2 fully saturated rings. The van der Waals surface area contributed by atoms with E-state index in [0.29, 0.717) is 18.2 Å². The van der Waals surface area contributed by atoms with Crippen molar-refractivity contribution in [2.75, 3.05) is 25.1 Å². The first-order chi connectivity index (χ1) is 9.70. The fourth-order valence-corrected chi connectivity index (χ4v) is 4.59. The van der Waals surface area contributed by atoms with Crippen LogP contribution in [0.25, 0.3) is 0 Å². The van der Waals surface area contributed by atoms with E-state index in [-0.39, 0.29) is 0 Å². The van der Waals surface area contributed by atoms with E-state index >= 15 is 0 Å². The van der Waals surface area contributed by atoms with Gasteiger partial charge < -0.3 is 15.0 Å². The second-order valence-electron chi connectivity index (χ2n) is 5.91. The molecule has 0 amide bonds. The van der Waals surface area contributed by atoms with E-state index in [0.717, 1.165) is 13.2 Å². The summed E-state index contributed by atoms with van der Waals surface area (Å²) in [5, 5.41) is 4.52. The summed E-state index contributed by atoms with van der Waals surface area (Å²) in [5.41, 5.74) is 1.17. The zero-order valence-corrected chi connectivity index (χ0v) is 13.5. The van der Waals surface area contributed by atoms with E-state index in [4.69, 9.17) is 9.72 Å². The van der Waals surface area contributed by atoms with E-state index in [1.807, 2.05) is 18.4 Å². The molecule has 3 unspecified atom stereocenters. The van der Waals surface area contributed by atoms with Gasteiger partial charge in [-0.3, -0.25) is 0 Å². The molecule has 1 N–H and O–H groups in total. The van der Waals surface area contributed by atoms with Gasteiger partial charge in [0.2, 0.25) is 0 Å². The lowest BCUT2D eigenvalue weighted by Crippen LogP contribution is -2.52. The van der Waals surface area contributed by atoms with E-state index in [1.54, 1.807) is 0 Å². The van der Waals surface area contributed by atoms with Crippen LogP contribution in [-0.2, 0) is 4.74 Å². The van der Waals surface area contributed by atoms with Gasteiger partial charge in [0.15, 0.2) is 5.13 Å². The first-order valence-electron chi connectivity index (χ1n) is 7.73. The van der Waals surface area contributed by atoms with Gasteiger partial charge in [0.1, 0.15) is 0 Å². The maximum absolute atomic E-state index is 5.96. The highest BCUT2D eigenvalue weighted by Crippen LogP contribution is 2.36. The van der Waals surface area contributed by atoms with Crippen LogP contribution in [0.5, 0.6) is 0 Å². The normalized spacial score (nSPS) is 28.2. The number of hydrogen-bond acceptors (Lipinski definition) is 5. The molecule has 0 radical (unpaired) electrons. The molecule has 4 nitrogen and oxygen atoms in total. The van der Waals surface area contributed by atoms with Crippen molar-refractivity contribution in [1.29, 1.82) is 0 Å². The highest BCUT2D eigenvalue weighted by Gasteiger charge is 2.35. The Morgan fingerprint density at radius 1 is 1.40 bits per heavy atom. The Morgan fingerprint density at radius 3 is 3.00 bits per heavy atom. The van der Waals surface area contributed by atoms with Crippen LogP contribution in [0.4, 0.5) is 5.13 Å². The lowest BCUT2D eigenvalue weighted by molar-refractivity contribution is -0.00869. The van der Waals surface area contributed by atoms with Crippen molar-refractivity contribution < 1.29 is 4.74 Å². The number of nitrogens with zero attached hydrogens (tertiary/aromatic N) is 2. The fraction of sp³-hybridized carbons (Fsp3) is 0.800. The summed E-state index contributed by atoms with van der Waals surface area (Å²) in [6, 6.07) is 0.922. The third-order valence-corrected chi connectivity index (χ3v) is 6.00. The van der Waals surface area contributed by atoms with Gasteiger partial charge in [0.05, 0.1) is 24.4 Å². The van der Waals surface area contributed by atoms with Gasteiger partial charge in [-0.05, 0) is 33.7 Å². The van der Waals surface area contributed by atoms with Gasteiger partial charge >= 0.3 is 0 Å². The Balaban J connectivity index is 1.84. The van der Waals surface area contributed by atoms with Gasteiger partial charge in [0.25, 0.3) is 0 Å². The summed E-state index contributed by atoms with van der Waals surface area (Å²) >= 11 is 1.85. The van der Waals surface area contributed by atoms with Crippen molar-refractivity contribution in [1.82, 2.24) is 10.3 Å². The molecule has 3 atom stereocenters. The van der Waals surface area contributed by atoms with Crippen LogP contribution in [0.3, 0.4) is 0 Å². The van der Waals surface area contributed by atoms with E-state index < -0.39 is 0 Å². The molecule has 1 aliphatic heterocycles. The van der Waals surface area contributed by atoms with Crippen molar-refractivity contribution in [2.45, 2.75) is 57.7 Å². The second-order valence-corrected chi connectivity index (χ2v) is 6.92. The number of hydrogen-bond donors (Lipinski definition) is 1. The molecule has 0 bridgehead atoms. The molecule has 1 aromatic heterocycles. The number of aryl methyl sites for hydroxylation is 1. The van der Waals surface area contributed by atoms with Crippen molar-refractivity contribution in [3.63, 3.8) is 0 Å². The first-order valence-corrected chi connectivity index (χ1v) is 8.55. The smallest absolute Gasteiger partial charge is 0.186 e. The highest BCUT2D eigenvalue weighted by molar-refractivity contribution is 7.15.